The number of rotatable bonds is 8. The molecule has 0 rings (SSSR count). The maximum Gasteiger partial charge on any atom is 2.00 e. The van der Waals surface area contributed by atoms with Gasteiger partial charge in [-0.05, 0) is 40.5 Å². The number of hydrogen-bond donors (Lipinski definition) is 2. The van der Waals surface area contributed by atoms with Crippen LogP contribution in [0.4, 0.5) is 0 Å². The van der Waals surface area contributed by atoms with Crippen LogP contribution in [0.2, 0.25) is 0 Å². The molecule has 0 saturated carbocycles. The summed E-state index contributed by atoms with van der Waals surface area (Å²) in [6.07, 6.45) is 0.800. The minimum atomic E-state index is -0.484. The normalized spacial score (nSPS) is 8.62. The van der Waals surface area contributed by atoms with Crippen LogP contribution in [0, 0.1) is 13.8 Å². The molecule has 0 aromatic carbocycles. The molecule has 0 heterocycles. The fourth-order valence-electron chi connectivity index (χ4n) is 0.856. The largest absolute Gasteiger partial charge is 2.00 e. The maximum atomic E-state index is 10.5. The molecular weight excluding hydrogens is 416 g/mol. The van der Waals surface area contributed by atoms with E-state index >= 15 is 0 Å². The summed E-state index contributed by atoms with van der Waals surface area (Å²) >= 11 is 0. The van der Waals surface area contributed by atoms with Gasteiger partial charge < -0.3 is 43.1 Å². The van der Waals surface area contributed by atoms with Crippen LogP contribution < -0.4 is 0 Å². The molecule has 8 nitrogen and oxygen atoms in total. The van der Waals surface area contributed by atoms with E-state index in [1.165, 1.54) is 0 Å². The Bertz CT molecular complexity index is 366. The van der Waals surface area contributed by atoms with E-state index in [4.69, 9.17) is 10.2 Å². The van der Waals surface area contributed by atoms with Gasteiger partial charge in [-0.2, -0.15) is 0 Å². The monoisotopic (exact) mass is 454 g/mol. The minimum Gasteiger partial charge on any atom is -0.465 e. The number of ether oxygens (including phenoxy) is 2. The quantitative estimate of drug-likeness (QED) is 0.247. The van der Waals surface area contributed by atoms with Crippen LogP contribution in [-0.2, 0) is 50.4 Å². The van der Waals surface area contributed by atoms with Crippen LogP contribution in [0.1, 0.15) is 67.2 Å². The fraction of sp³-hybridized carbons (Fsp3) is 0.700. The van der Waals surface area contributed by atoms with Crippen molar-refractivity contribution in [2.75, 3.05) is 13.2 Å². The Morgan fingerprint density at radius 2 is 0.931 bits per heavy atom. The first-order chi connectivity index (χ1) is 12.8. The van der Waals surface area contributed by atoms with Crippen molar-refractivity contribution in [3.8, 4) is 0 Å². The minimum absolute atomic E-state index is 0. The number of carbonyl (C=O) groups is 4. The summed E-state index contributed by atoms with van der Waals surface area (Å²) in [7, 11) is 0. The molecule has 0 radical (unpaired) electrons. The number of aliphatic hydroxyl groups excluding tert-OH is 2. The van der Waals surface area contributed by atoms with Gasteiger partial charge >= 0.3 is 33.7 Å². The molecule has 0 spiro atoms. The zero-order valence-corrected chi connectivity index (χ0v) is 20.2. The molecule has 0 aliphatic heterocycles. The Kier molecular flexibility index (Phi) is 38.1. The molecule has 0 aliphatic rings. The number of Topliss-reactive ketones (excluding diaryl/α,β-unsaturated/α-hetero) is 2. The zero-order valence-electron chi connectivity index (χ0n) is 18.7. The van der Waals surface area contributed by atoms with Crippen molar-refractivity contribution in [1.82, 2.24) is 0 Å². The van der Waals surface area contributed by atoms with Crippen molar-refractivity contribution in [3.05, 3.63) is 13.8 Å². The van der Waals surface area contributed by atoms with Gasteiger partial charge in [0.15, 0.2) is 0 Å². The summed E-state index contributed by atoms with van der Waals surface area (Å²) in [6.45, 7) is 17.5. The number of carbonyl (C=O) groups excluding carboxylic acids is 4. The Labute approximate surface area is 190 Å². The van der Waals surface area contributed by atoms with Gasteiger partial charge in [-0.3, -0.25) is 9.59 Å². The zero-order chi connectivity index (χ0) is 23.1. The molecule has 2 N–H and O–H groups in total. The summed E-state index contributed by atoms with van der Waals surface area (Å²) in [5.41, 5.74) is 0. The number of esters is 2. The van der Waals surface area contributed by atoms with Crippen LogP contribution in [0.5, 0.6) is 0 Å². The molecule has 0 atom stereocenters. The Hall–Kier alpha value is -1.35. The third kappa shape index (κ3) is 75.4. The molecule has 0 unspecified atom stereocenters. The van der Waals surface area contributed by atoms with Crippen LogP contribution in [0.25, 0.3) is 0 Å². The first-order valence-electron chi connectivity index (χ1n) is 9.16. The molecule has 0 saturated heterocycles. The van der Waals surface area contributed by atoms with Crippen LogP contribution in [0.3, 0.4) is 0 Å². The van der Waals surface area contributed by atoms with Crippen molar-refractivity contribution < 1.29 is 60.6 Å². The van der Waals surface area contributed by atoms with E-state index in [1.807, 2.05) is 13.8 Å². The van der Waals surface area contributed by atoms with E-state index in [1.54, 1.807) is 27.7 Å². The third-order valence-electron chi connectivity index (χ3n) is 1.62. The van der Waals surface area contributed by atoms with Crippen molar-refractivity contribution in [2.45, 2.75) is 79.4 Å². The molecule has 0 fully saturated rings. The number of aliphatic hydroxyl groups is 2. The van der Waals surface area contributed by atoms with E-state index in [9.17, 15) is 19.2 Å². The summed E-state index contributed by atoms with van der Waals surface area (Å²) in [5, 5.41) is 16.1. The predicted octanol–water partition coefficient (Wildman–Crippen LogP) is 2.24. The van der Waals surface area contributed by atoms with E-state index < -0.39 is 23.5 Å². The average molecular weight is 454 g/mol. The second-order valence-electron chi connectivity index (χ2n) is 6.06. The summed E-state index contributed by atoms with van der Waals surface area (Å²) in [4.78, 5) is 41.5. The molecule has 170 valence electrons. The smallest absolute Gasteiger partial charge is 0.465 e. The number of ketones is 2. The fourth-order valence-corrected chi connectivity index (χ4v) is 0.856. The van der Waals surface area contributed by atoms with E-state index in [0.717, 1.165) is 12.8 Å². The number of hydrogen-bond acceptors (Lipinski definition) is 8. The van der Waals surface area contributed by atoms with Gasteiger partial charge in [-0.25, -0.2) is 0 Å². The summed E-state index contributed by atoms with van der Waals surface area (Å²) < 4.78 is 9.20. The first-order valence-corrected chi connectivity index (χ1v) is 9.16. The second kappa shape index (κ2) is 28.9. The van der Waals surface area contributed by atoms with E-state index in [0.29, 0.717) is 13.2 Å². The Morgan fingerprint density at radius 1 is 0.724 bits per heavy atom. The van der Waals surface area contributed by atoms with E-state index in [2.05, 4.69) is 23.3 Å². The SMILES string of the molecule is CC(C)O.CC(C)O.[CH2-]C(=O)CC(=O)OCCC.[CH2-]C(=O)CC(=O)OCCC.[Ti+2]. The second-order valence-corrected chi connectivity index (χ2v) is 6.06. The first kappa shape index (κ1) is 38.3. The van der Waals surface area contributed by atoms with Crippen molar-refractivity contribution in [3.63, 3.8) is 0 Å². The molecule has 0 aromatic rings. The van der Waals surface area contributed by atoms with Gasteiger partial charge in [0.2, 0.25) is 0 Å². The van der Waals surface area contributed by atoms with E-state index in [-0.39, 0.29) is 46.8 Å². The van der Waals surface area contributed by atoms with Crippen LogP contribution in [0.15, 0.2) is 0 Å². The molecular formula is C20H38O8Ti. The van der Waals surface area contributed by atoms with Gasteiger partial charge in [-0.15, -0.1) is 0 Å². The molecule has 9 heteroatoms. The molecule has 29 heavy (non-hydrogen) atoms. The molecule has 0 bridgehead atoms. The van der Waals surface area contributed by atoms with Crippen molar-refractivity contribution >= 4 is 23.5 Å². The van der Waals surface area contributed by atoms with Gasteiger partial charge in [0, 0.05) is 23.8 Å². The Balaban J connectivity index is -0.0000000950. The molecule has 0 aromatic heterocycles. The van der Waals surface area contributed by atoms with Gasteiger partial charge in [-0.1, -0.05) is 13.8 Å². The van der Waals surface area contributed by atoms with Gasteiger partial charge in [0.1, 0.15) is 0 Å². The summed E-state index contributed by atoms with van der Waals surface area (Å²) in [5.74, 6) is -1.77. The average Bonchev–Trinajstić information content (AvgIpc) is 2.49. The van der Waals surface area contributed by atoms with Gasteiger partial charge in [0.05, 0.1) is 26.1 Å². The standard InChI is InChI=1S/2C7H11O3.2C3H8O.Ti/c2*1-3-4-10-7(9)5-6(2)8;2*1-3(2)4;/h2*2-5H2,1H3;2*3-4H,1-2H3;/q2*-1;;;+2. The predicted molar refractivity (Wildman–Crippen MR) is 107 cm³/mol. The maximum absolute atomic E-state index is 10.5. The van der Waals surface area contributed by atoms with Crippen LogP contribution >= 0.6 is 0 Å². The summed E-state index contributed by atoms with van der Waals surface area (Å²) in [6, 6.07) is 0. The topological polar surface area (TPSA) is 127 Å². The van der Waals surface area contributed by atoms with Crippen molar-refractivity contribution in [1.29, 1.82) is 0 Å². The van der Waals surface area contributed by atoms with Crippen LogP contribution in [-0.4, -0.2) is 59.1 Å². The Morgan fingerprint density at radius 3 is 1.07 bits per heavy atom. The molecule has 0 aliphatic carbocycles. The molecule has 0 amide bonds. The van der Waals surface area contributed by atoms with Crippen molar-refractivity contribution in [2.24, 2.45) is 0 Å². The van der Waals surface area contributed by atoms with Gasteiger partial charge in [0.25, 0.3) is 0 Å². The third-order valence-corrected chi connectivity index (χ3v) is 1.62.